The maximum atomic E-state index is 11.3. The number of methoxy groups -OCH3 is 1. The number of benzene rings is 1. The number of phenolic OH excluding ortho intramolecular Hbond substituents is 1. The Morgan fingerprint density at radius 3 is 2.74 bits per heavy atom. The maximum absolute atomic E-state index is 11.3. The van der Waals surface area contributed by atoms with Crippen LogP contribution in [0.25, 0.3) is 6.08 Å². The quantitative estimate of drug-likeness (QED) is 0.511. The van der Waals surface area contributed by atoms with E-state index in [1.807, 2.05) is 6.92 Å². The number of ether oxygens (including phenoxy) is 2. The summed E-state index contributed by atoms with van der Waals surface area (Å²) in [6, 6.07) is 3.25. The molecule has 0 bridgehead atoms. The molecule has 1 N–H and O–H groups in total. The van der Waals surface area contributed by atoms with Gasteiger partial charge in [-0.05, 0) is 31.6 Å². The maximum Gasteiger partial charge on any atom is 0.330 e. The molecule has 1 aromatic rings. The molecular weight excluding hydrogens is 312 g/mol. The smallest absolute Gasteiger partial charge is 0.330 e. The number of halogens is 1. The van der Waals surface area contributed by atoms with Gasteiger partial charge in [0.15, 0.2) is 11.5 Å². The van der Waals surface area contributed by atoms with Crippen molar-refractivity contribution in [2.24, 2.45) is 0 Å². The molecular formula is C14H17BrO4. The summed E-state index contributed by atoms with van der Waals surface area (Å²) < 4.78 is 10.0. The van der Waals surface area contributed by atoms with E-state index in [0.29, 0.717) is 12.4 Å². The van der Waals surface area contributed by atoms with Gasteiger partial charge in [-0.3, -0.25) is 0 Å². The first-order valence-corrected chi connectivity index (χ1v) is 6.81. The molecule has 0 radical (unpaired) electrons. The lowest BCUT2D eigenvalue weighted by atomic mass is 10.0. The van der Waals surface area contributed by atoms with Crippen LogP contribution in [-0.4, -0.2) is 24.8 Å². The van der Waals surface area contributed by atoms with Crippen LogP contribution >= 0.6 is 15.9 Å². The lowest BCUT2D eigenvalue weighted by Crippen LogP contribution is -2.00. The summed E-state index contributed by atoms with van der Waals surface area (Å²) in [6.07, 6.45) is 3.00. The van der Waals surface area contributed by atoms with Crippen molar-refractivity contribution in [2.45, 2.75) is 18.7 Å². The van der Waals surface area contributed by atoms with Crippen LogP contribution in [0.5, 0.6) is 11.5 Å². The van der Waals surface area contributed by atoms with E-state index in [1.165, 1.54) is 19.3 Å². The Labute approximate surface area is 121 Å². The summed E-state index contributed by atoms with van der Waals surface area (Å²) in [7, 11) is 1.49. The molecule has 4 nitrogen and oxygen atoms in total. The van der Waals surface area contributed by atoms with Gasteiger partial charge in [-0.2, -0.15) is 0 Å². The molecule has 19 heavy (non-hydrogen) atoms. The van der Waals surface area contributed by atoms with Crippen molar-refractivity contribution < 1.29 is 19.4 Å². The molecule has 0 aliphatic carbocycles. The predicted molar refractivity (Wildman–Crippen MR) is 77.7 cm³/mol. The molecule has 0 aromatic heterocycles. The highest BCUT2D eigenvalue weighted by atomic mass is 79.9. The summed E-state index contributed by atoms with van der Waals surface area (Å²) >= 11 is 3.46. The Kier molecular flexibility index (Phi) is 5.89. The number of carbonyl (C=O) groups excluding carboxylic acids is 1. The number of rotatable bonds is 5. The third-order valence-electron chi connectivity index (χ3n) is 2.50. The Morgan fingerprint density at radius 2 is 2.21 bits per heavy atom. The molecule has 0 aliphatic rings. The van der Waals surface area contributed by atoms with Crippen LogP contribution < -0.4 is 4.74 Å². The zero-order chi connectivity index (χ0) is 14.4. The molecule has 1 rings (SSSR count). The molecule has 5 heteroatoms. The van der Waals surface area contributed by atoms with Crippen molar-refractivity contribution in [2.75, 3.05) is 13.7 Å². The summed E-state index contributed by atoms with van der Waals surface area (Å²) in [6.45, 7) is 4.00. The van der Waals surface area contributed by atoms with Gasteiger partial charge >= 0.3 is 5.97 Å². The van der Waals surface area contributed by atoms with E-state index in [2.05, 4.69) is 15.9 Å². The van der Waals surface area contributed by atoms with E-state index >= 15 is 0 Å². The van der Waals surface area contributed by atoms with Gasteiger partial charge in [0.05, 0.1) is 13.7 Å². The van der Waals surface area contributed by atoms with E-state index < -0.39 is 5.97 Å². The molecule has 1 unspecified atom stereocenters. The van der Waals surface area contributed by atoms with E-state index in [9.17, 15) is 9.90 Å². The summed E-state index contributed by atoms with van der Waals surface area (Å²) in [5.74, 6) is 0.0650. The molecule has 0 amide bonds. The first kappa shape index (κ1) is 15.6. The summed E-state index contributed by atoms with van der Waals surface area (Å²) in [5, 5.41) is 9.76. The fourth-order valence-corrected chi connectivity index (χ4v) is 2.19. The fraction of sp³-hybridized carbons (Fsp3) is 0.357. The van der Waals surface area contributed by atoms with Crippen molar-refractivity contribution in [1.29, 1.82) is 0 Å². The number of alkyl halides is 1. The standard InChI is InChI=1S/C14H17BrO4/c1-4-19-12(17)8-6-10-5-7-11(16)14(18-3)13(10)9(2)15/h5-9,16H,4H2,1-3H3. The Hall–Kier alpha value is -1.49. The third-order valence-corrected chi connectivity index (χ3v) is 2.95. The van der Waals surface area contributed by atoms with Gasteiger partial charge in [-0.25, -0.2) is 4.79 Å². The van der Waals surface area contributed by atoms with Gasteiger partial charge in [0.2, 0.25) is 0 Å². The monoisotopic (exact) mass is 328 g/mol. The predicted octanol–water partition coefficient (Wildman–Crippen LogP) is 3.43. The molecule has 0 saturated heterocycles. The minimum Gasteiger partial charge on any atom is -0.504 e. The Balaban J connectivity index is 3.17. The number of esters is 1. The second-order valence-electron chi connectivity index (χ2n) is 3.82. The number of hydrogen-bond donors (Lipinski definition) is 1. The second-order valence-corrected chi connectivity index (χ2v) is 5.20. The largest absolute Gasteiger partial charge is 0.504 e. The molecule has 104 valence electrons. The number of hydrogen-bond acceptors (Lipinski definition) is 4. The molecule has 0 saturated carbocycles. The van der Waals surface area contributed by atoms with Crippen molar-refractivity contribution >= 4 is 28.0 Å². The second kappa shape index (κ2) is 7.19. The SMILES string of the molecule is CCOC(=O)C=Cc1ccc(O)c(OC)c1C(C)Br. The minimum atomic E-state index is -0.400. The average Bonchev–Trinajstić information content (AvgIpc) is 2.36. The Bertz CT molecular complexity index is 481. The molecule has 0 fully saturated rings. The first-order valence-electron chi connectivity index (χ1n) is 5.90. The summed E-state index contributed by atoms with van der Waals surface area (Å²) in [5.41, 5.74) is 1.56. The van der Waals surface area contributed by atoms with Crippen LogP contribution in [0, 0.1) is 0 Å². The van der Waals surface area contributed by atoms with E-state index in [1.54, 1.807) is 19.1 Å². The van der Waals surface area contributed by atoms with Crippen molar-refractivity contribution in [3.8, 4) is 11.5 Å². The first-order chi connectivity index (χ1) is 9.01. The van der Waals surface area contributed by atoms with Crippen LogP contribution in [0.4, 0.5) is 0 Å². The topological polar surface area (TPSA) is 55.8 Å². The van der Waals surface area contributed by atoms with Crippen LogP contribution in [0.1, 0.15) is 29.8 Å². The minimum absolute atomic E-state index is 0.0311. The fourth-order valence-electron chi connectivity index (χ4n) is 1.72. The van der Waals surface area contributed by atoms with Gasteiger partial charge in [-0.1, -0.05) is 22.0 Å². The van der Waals surface area contributed by atoms with Crippen LogP contribution in [0.15, 0.2) is 18.2 Å². The van der Waals surface area contributed by atoms with Crippen LogP contribution in [0.2, 0.25) is 0 Å². The molecule has 0 heterocycles. The van der Waals surface area contributed by atoms with Gasteiger partial charge in [-0.15, -0.1) is 0 Å². The van der Waals surface area contributed by atoms with Gasteiger partial charge in [0.1, 0.15) is 0 Å². The van der Waals surface area contributed by atoms with Crippen molar-refractivity contribution in [3.05, 3.63) is 29.3 Å². The zero-order valence-corrected chi connectivity index (χ0v) is 12.7. The number of carbonyl (C=O) groups is 1. The van der Waals surface area contributed by atoms with Gasteiger partial charge < -0.3 is 14.6 Å². The van der Waals surface area contributed by atoms with Gasteiger partial charge in [0.25, 0.3) is 0 Å². The molecule has 1 atom stereocenters. The van der Waals surface area contributed by atoms with E-state index in [-0.39, 0.29) is 10.6 Å². The molecule has 1 aromatic carbocycles. The number of phenols is 1. The zero-order valence-electron chi connectivity index (χ0n) is 11.1. The van der Waals surface area contributed by atoms with Crippen LogP contribution in [-0.2, 0) is 9.53 Å². The average molecular weight is 329 g/mol. The van der Waals surface area contributed by atoms with Gasteiger partial charge in [0, 0.05) is 16.5 Å². The highest BCUT2D eigenvalue weighted by Gasteiger charge is 2.16. The lowest BCUT2D eigenvalue weighted by Gasteiger charge is -2.15. The Morgan fingerprint density at radius 1 is 1.53 bits per heavy atom. The van der Waals surface area contributed by atoms with E-state index in [4.69, 9.17) is 9.47 Å². The van der Waals surface area contributed by atoms with Crippen LogP contribution in [0.3, 0.4) is 0 Å². The summed E-state index contributed by atoms with van der Waals surface area (Å²) in [4.78, 5) is 11.3. The lowest BCUT2D eigenvalue weighted by molar-refractivity contribution is -0.137. The molecule has 0 aliphatic heterocycles. The molecule has 0 spiro atoms. The van der Waals surface area contributed by atoms with E-state index in [0.717, 1.165) is 11.1 Å². The normalized spacial score (nSPS) is 12.4. The highest BCUT2D eigenvalue weighted by molar-refractivity contribution is 9.09. The highest BCUT2D eigenvalue weighted by Crippen LogP contribution is 2.40. The van der Waals surface area contributed by atoms with Crippen molar-refractivity contribution in [1.82, 2.24) is 0 Å². The third kappa shape index (κ3) is 3.99. The number of aromatic hydroxyl groups is 1. The van der Waals surface area contributed by atoms with Crippen molar-refractivity contribution in [3.63, 3.8) is 0 Å².